The smallest absolute Gasteiger partial charge is 0.342 e. The molecule has 8 nitrogen and oxygen atoms in total. The third-order valence-electron chi connectivity index (χ3n) is 3.69. The lowest BCUT2D eigenvalue weighted by Crippen LogP contribution is -2.23. The lowest BCUT2D eigenvalue weighted by atomic mass is 10.2. The standard InChI is InChI=1S/C18H18Cl2N2O6S/c1-22(2)29(25,26)16-9-12(5-6-14(16)20)21-17(23)10-28-18(24)13-8-11(19)4-7-15(13)27-3/h4-9H,10H2,1-3H3,(H,21,23). The van der Waals surface area contributed by atoms with Crippen molar-refractivity contribution in [3.05, 3.63) is 52.0 Å². The number of amides is 1. The summed E-state index contributed by atoms with van der Waals surface area (Å²) in [5, 5.41) is 2.77. The first-order valence-electron chi connectivity index (χ1n) is 8.09. The zero-order valence-electron chi connectivity index (χ0n) is 15.7. The second kappa shape index (κ2) is 9.45. The third kappa shape index (κ3) is 5.60. The summed E-state index contributed by atoms with van der Waals surface area (Å²) < 4.78 is 35.6. The van der Waals surface area contributed by atoms with Crippen LogP contribution in [0.1, 0.15) is 10.4 Å². The second-order valence-electron chi connectivity index (χ2n) is 5.90. The highest BCUT2D eigenvalue weighted by Gasteiger charge is 2.22. The van der Waals surface area contributed by atoms with Crippen LogP contribution in [0.3, 0.4) is 0 Å². The molecule has 0 saturated carbocycles. The van der Waals surface area contributed by atoms with Crippen molar-refractivity contribution in [1.29, 1.82) is 0 Å². The Balaban J connectivity index is 2.09. The van der Waals surface area contributed by atoms with Gasteiger partial charge in [-0.05, 0) is 36.4 Å². The normalized spacial score (nSPS) is 11.2. The number of rotatable bonds is 7. The lowest BCUT2D eigenvalue weighted by molar-refractivity contribution is -0.119. The maximum absolute atomic E-state index is 12.3. The van der Waals surface area contributed by atoms with Crippen LogP contribution in [-0.2, 0) is 19.6 Å². The molecule has 0 heterocycles. The molecule has 0 radical (unpaired) electrons. The van der Waals surface area contributed by atoms with E-state index in [1.54, 1.807) is 6.07 Å². The molecule has 29 heavy (non-hydrogen) atoms. The van der Waals surface area contributed by atoms with E-state index >= 15 is 0 Å². The number of halogens is 2. The SMILES string of the molecule is COc1ccc(Cl)cc1C(=O)OCC(=O)Nc1ccc(Cl)c(S(=O)(=O)N(C)C)c1. The third-order valence-corrected chi connectivity index (χ3v) is 6.22. The van der Waals surface area contributed by atoms with Gasteiger partial charge in [0, 0.05) is 24.8 Å². The van der Waals surface area contributed by atoms with E-state index in [0.717, 1.165) is 4.31 Å². The Morgan fingerprint density at radius 3 is 2.41 bits per heavy atom. The van der Waals surface area contributed by atoms with Gasteiger partial charge in [0.2, 0.25) is 10.0 Å². The van der Waals surface area contributed by atoms with Crippen molar-refractivity contribution in [2.24, 2.45) is 0 Å². The monoisotopic (exact) mass is 460 g/mol. The van der Waals surface area contributed by atoms with Crippen molar-refractivity contribution in [3.8, 4) is 5.75 Å². The summed E-state index contributed by atoms with van der Waals surface area (Å²) in [5.41, 5.74) is 0.245. The highest BCUT2D eigenvalue weighted by Crippen LogP contribution is 2.27. The fourth-order valence-electron chi connectivity index (χ4n) is 2.22. The van der Waals surface area contributed by atoms with Gasteiger partial charge in [-0.3, -0.25) is 4.79 Å². The molecule has 2 rings (SSSR count). The van der Waals surface area contributed by atoms with Gasteiger partial charge >= 0.3 is 5.97 Å². The van der Waals surface area contributed by atoms with E-state index in [-0.39, 0.29) is 26.9 Å². The Labute approximate surface area is 178 Å². The van der Waals surface area contributed by atoms with Crippen LogP contribution in [0.25, 0.3) is 0 Å². The molecule has 0 saturated heterocycles. The molecule has 0 fully saturated rings. The van der Waals surface area contributed by atoms with Gasteiger partial charge in [0.25, 0.3) is 5.91 Å². The molecule has 156 valence electrons. The topological polar surface area (TPSA) is 102 Å². The molecular weight excluding hydrogens is 443 g/mol. The molecule has 0 bridgehead atoms. The molecule has 0 aliphatic carbocycles. The molecule has 1 N–H and O–H groups in total. The molecule has 2 aromatic carbocycles. The summed E-state index contributed by atoms with van der Waals surface area (Å²) in [6.45, 7) is -0.604. The fourth-order valence-corrected chi connectivity index (χ4v) is 3.79. The van der Waals surface area contributed by atoms with E-state index in [0.29, 0.717) is 5.02 Å². The maximum Gasteiger partial charge on any atom is 0.342 e. The van der Waals surface area contributed by atoms with E-state index in [2.05, 4.69) is 5.32 Å². The number of esters is 1. The quantitative estimate of drug-likeness (QED) is 0.636. The van der Waals surface area contributed by atoms with Gasteiger partial charge in [-0.25, -0.2) is 17.5 Å². The van der Waals surface area contributed by atoms with Gasteiger partial charge in [-0.1, -0.05) is 23.2 Å². The Kier molecular flexibility index (Phi) is 7.48. The zero-order chi connectivity index (χ0) is 21.8. The average molecular weight is 461 g/mol. The first-order chi connectivity index (χ1) is 13.6. The molecule has 0 aliphatic heterocycles. The maximum atomic E-state index is 12.3. The first kappa shape index (κ1) is 23.0. The first-order valence-corrected chi connectivity index (χ1v) is 10.3. The van der Waals surface area contributed by atoms with Crippen LogP contribution in [0, 0.1) is 0 Å². The van der Waals surface area contributed by atoms with E-state index in [4.69, 9.17) is 32.7 Å². The number of ether oxygens (including phenoxy) is 2. The number of carbonyl (C=O) groups is 2. The van der Waals surface area contributed by atoms with Crippen LogP contribution < -0.4 is 10.1 Å². The number of hydrogen-bond donors (Lipinski definition) is 1. The number of benzene rings is 2. The number of carbonyl (C=O) groups excluding carboxylic acids is 2. The van der Waals surface area contributed by atoms with Crippen LogP contribution in [-0.4, -0.2) is 52.4 Å². The molecule has 0 aliphatic rings. The molecular formula is C18H18Cl2N2O6S. The van der Waals surface area contributed by atoms with Crippen molar-refractivity contribution in [1.82, 2.24) is 4.31 Å². The molecule has 11 heteroatoms. The van der Waals surface area contributed by atoms with Crippen molar-refractivity contribution in [2.75, 3.05) is 33.1 Å². The molecule has 1 amide bonds. The van der Waals surface area contributed by atoms with E-state index < -0.39 is 28.5 Å². The number of sulfonamides is 1. The van der Waals surface area contributed by atoms with Crippen LogP contribution in [0.2, 0.25) is 10.0 Å². The summed E-state index contributed by atoms with van der Waals surface area (Å²) in [4.78, 5) is 24.1. The molecule has 0 spiro atoms. The van der Waals surface area contributed by atoms with Gasteiger partial charge < -0.3 is 14.8 Å². The number of anilines is 1. The highest BCUT2D eigenvalue weighted by molar-refractivity contribution is 7.89. The minimum Gasteiger partial charge on any atom is -0.496 e. The van der Waals surface area contributed by atoms with E-state index in [1.807, 2.05) is 0 Å². The van der Waals surface area contributed by atoms with Crippen LogP contribution in [0.4, 0.5) is 5.69 Å². The molecule has 0 unspecified atom stereocenters. The van der Waals surface area contributed by atoms with E-state index in [9.17, 15) is 18.0 Å². The minimum absolute atomic E-state index is 0.0104. The summed E-state index contributed by atoms with van der Waals surface area (Å²) in [5.74, 6) is -1.22. The van der Waals surface area contributed by atoms with Crippen molar-refractivity contribution in [2.45, 2.75) is 4.90 Å². The number of methoxy groups -OCH3 is 1. The van der Waals surface area contributed by atoms with Crippen molar-refractivity contribution < 1.29 is 27.5 Å². The number of nitrogens with zero attached hydrogens (tertiary/aromatic N) is 1. The molecule has 0 atom stereocenters. The van der Waals surface area contributed by atoms with Gasteiger partial charge in [0.1, 0.15) is 16.2 Å². The van der Waals surface area contributed by atoms with Crippen LogP contribution in [0.15, 0.2) is 41.3 Å². The minimum atomic E-state index is -3.80. The zero-order valence-corrected chi connectivity index (χ0v) is 18.1. The van der Waals surface area contributed by atoms with Gasteiger partial charge in [0.15, 0.2) is 6.61 Å². The number of nitrogens with one attached hydrogen (secondary N) is 1. The van der Waals surface area contributed by atoms with Crippen LogP contribution in [0.5, 0.6) is 5.75 Å². The van der Waals surface area contributed by atoms with Crippen molar-refractivity contribution >= 4 is 50.8 Å². The second-order valence-corrected chi connectivity index (χ2v) is 8.87. The van der Waals surface area contributed by atoms with Gasteiger partial charge in [0.05, 0.1) is 12.1 Å². The molecule has 2 aromatic rings. The largest absolute Gasteiger partial charge is 0.496 e. The fraction of sp³-hybridized carbons (Fsp3) is 0.222. The van der Waals surface area contributed by atoms with Gasteiger partial charge in [-0.15, -0.1) is 0 Å². The summed E-state index contributed by atoms with van der Waals surface area (Å²) in [6.07, 6.45) is 0. The number of hydrogen-bond acceptors (Lipinski definition) is 6. The predicted octanol–water partition coefficient (Wildman–Crippen LogP) is 3.05. The predicted molar refractivity (Wildman–Crippen MR) is 109 cm³/mol. The summed E-state index contributed by atoms with van der Waals surface area (Å²) >= 11 is 11.8. The average Bonchev–Trinajstić information content (AvgIpc) is 2.67. The highest BCUT2D eigenvalue weighted by atomic mass is 35.5. The van der Waals surface area contributed by atoms with E-state index in [1.165, 1.54) is 51.5 Å². The Morgan fingerprint density at radius 2 is 1.79 bits per heavy atom. The summed E-state index contributed by atoms with van der Waals surface area (Å²) in [6, 6.07) is 8.39. The Morgan fingerprint density at radius 1 is 1.10 bits per heavy atom. The Hall–Kier alpha value is -2.33. The lowest BCUT2D eigenvalue weighted by Gasteiger charge is -2.14. The van der Waals surface area contributed by atoms with Crippen LogP contribution >= 0.6 is 23.2 Å². The van der Waals surface area contributed by atoms with Gasteiger partial charge in [-0.2, -0.15) is 0 Å². The Bertz CT molecular complexity index is 1040. The molecule has 0 aromatic heterocycles. The van der Waals surface area contributed by atoms with Crippen molar-refractivity contribution in [3.63, 3.8) is 0 Å². The summed E-state index contributed by atoms with van der Waals surface area (Å²) in [7, 11) is 0.304.